The van der Waals surface area contributed by atoms with Gasteiger partial charge < -0.3 is 25.8 Å². The Morgan fingerprint density at radius 2 is 2.09 bits per heavy atom. The lowest BCUT2D eigenvalue weighted by Gasteiger charge is -2.27. The molecule has 120 valence electrons. The number of hydrogen-bond donors (Lipinski definition) is 4. The number of hydrogen-bond acceptors (Lipinski definition) is 8. The van der Waals surface area contributed by atoms with Gasteiger partial charge in [0.05, 0.1) is 19.5 Å². The number of aliphatic hydroxyl groups is 3. The first-order chi connectivity index (χ1) is 10.4. The molecule has 0 unspecified atom stereocenters. The molecule has 3 atom stereocenters. The predicted octanol–water partition coefficient (Wildman–Crippen LogP) is -0.987. The largest absolute Gasteiger partial charge is 0.393 e. The van der Waals surface area contributed by atoms with Gasteiger partial charge in [0, 0.05) is 0 Å². The molecule has 3 heterocycles. The van der Waals surface area contributed by atoms with Crippen LogP contribution in [0.5, 0.6) is 0 Å². The van der Waals surface area contributed by atoms with E-state index in [1.165, 1.54) is 10.9 Å². The van der Waals surface area contributed by atoms with Crippen molar-refractivity contribution in [2.24, 2.45) is 0 Å². The van der Waals surface area contributed by atoms with E-state index in [0.29, 0.717) is 0 Å². The summed E-state index contributed by atoms with van der Waals surface area (Å²) in [4.78, 5) is 11.6. The fourth-order valence-electron chi connectivity index (χ4n) is 2.44. The highest BCUT2D eigenvalue weighted by atomic mass is 35.5. The molecular formula is C11H13ClFN5O4. The molecule has 1 saturated heterocycles. The lowest BCUT2D eigenvalue weighted by Crippen LogP contribution is -2.48. The standard InChI is InChI=1S/C11H13ClFN5O4/c12-10-16-7(14)5-8(17-10)18(3-15-5)9-4(13)6(21)11(1-19,2-20)22-9/h3-4,6,9,19-21H,1-2H2,(H2,14,16,17)/t4-,6-,9+/m0/s1. The molecular weight excluding hydrogens is 321 g/mol. The summed E-state index contributed by atoms with van der Waals surface area (Å²) in [5, 5.41) is 28.4. The zero-order valence-corrected chi connectivity index (χ0v) is 11.9. The number of aliphatic hydroxyl groups excluding tert-OH is 3. The SMILES string of the molecule is Nc1nc(Cl)nc2c1ncn2[C@@H]1OC(CO)(CO)[C@@H](O)[C@@H]1F. The van der Waals surface area contributed by atoms with Crippen LogP contribution in [0.4, 0.5) is 10.2 Å². The number of ether oxygens (including phenoxy) is 1. The summed E-state index contributed by atoms with van der Waals surface area (Å²) in [7, 11) is 0. The fraction of sp³-hybridized carbons (Fsp3) is 0.545. The van der Waals surface area contributed by atoms with Crippen molar-refractivity contribution in [2.45, 2.75) is 24.1 Å². The zero-order chi connectivity index (χ0) is 16.1. The second kappa shape index (κ2) is 5.25. The minimum Gasteiger partial charge on any atom is -0.393 e. The molecule has 1 fully saturated rings. The van der Waals surface area contributed by atoms with Gasteiger partial charge in [0.25, 0.3) is 0 Å². The third kappa shape index (κ3) is 2.03. The monoisotopic (exact) mass is 333 g/mol. The fourth-order valence-corrected chi connectivity index (χ4v) is 2.61. The molecule has 0 spiro atoms. The van der Waals surface area contributed by atoms with E-state index in [1.807, 2.05) is 0 Å². The highest BCUT2D eigenvalue weighted by molar-refractivity contribution is 6.28. The van der Waals surface area contributed by atoms with Gasteiger partial charge in [-0.25, -0.2) is 9.37 Å². The van der Waals surface area contributed by atoms with E-state index in [2.05, 4.69) is 15.0 Å². The summed E-state index contributed by atoms with van der Waals surface area (Å²) in [6.45, 7) is -1.52. The minimum atomic E-state index is -1.92. The second-order valence-corrected chi connectivity index (χ2v) is 5.32. The number of anilines is 1. The minimum absolute atomic E-state index is 0.0123. The number of imidazole rings is 1. The summed E-state index contributed by atoms with van der Waals surface area (Å²) < 4.78 is 20.9. The number of fused-ring (bicyclic) bond motifs is 1. The lowest BCUT2D eigenvalue weighted by molar-refractivity contribution is -0.149. The van der Waals surface area contributed by atoms with Gasteiger partial charge in [-0.2, -0.15) is 9.97 Å². The van der Waals surface area contributed by atoms with E-state index in [4.69, 9.17) is 22.1 Å². The van der Waals surface area contributed by atoms with Crippen LogP contribution in [0, 0.1) is 0 Å². The Bertz CT molecular complexity index is 709. The van der Waals surface area contributed by atoms with Crippen LogP contribution in [0.1, 0.15) is 6.23 Å². The second-order valence-electron chi connectivity index (χ2n) is 4.98. The van der Waals surface area contributed by atoms with Crippen LogP contribution in [0.2, 0.25) is 5.28 Å². The molecule has 0 bridgehead atoms. The molecule has 22 heavy (non-hydrogen) atoms. The van der Waals surface area contributed by atoms with E-state index in [1.54, 1.807) is 0 Å². The topological polar surface area (TPSA) is 140 Å². The summed E-state index contributed by atoms with van der Waals surface area (Å²) in [6, 6.07) is 0. The van der Waals surface area contributed by atoms with Gasteiger partial charge in [-0.05, 0) is 11.6 Å². The Morgan fingerprint density at radius 3 is 2.68 bits per heavy atom. The highest BCUT2D eigenvalue weighted by Gasteiger charge is 2.55. The van der Waals surface area contributed by atoms with Gasteiger partial charge in [0.2, 0.25) is 5.28 Å². The van der Waals surface area contributed by atoms with E-state index in [9.17, 15) is 19.7 Å². The summed E-state index contributed by atoms with van der Waals surface area (Å²) >= 11 is 5.73. The Balaban J connectivity index is 2.09. The first kappa shape index (κ1) is 15.3. The molecule has 5 N–H and O–H groups in total. The van der Waals surface area contributed by atoms with Crippen molar-refractivity contribution in [3.05, 3.63) is 11.6 Å². The molecule has 3 rings (SSSR count). The maximum absolute atomic E-state index is 14.4. The maximum Gasteiger partial charge on any atom is 0.226 e. The molecule has 0 saturated carbocycles. The maximum atomic E-state index is 14.4. The Morgan fingerprint density at radius 1 is 1.41 bits per heavy atom. The molecule has 0 radical (unpaired) electrons. The van der Waals surface area contributed by atoms with Crippen molar-refractivity contribution in [1.82, 2.24) is 19.5 Å². The van der Waals surface area contributed by atoms with Gasteiger partial charge in [-0.15, -0.1) is 0 Å². The Hall–Kier alpha value is -1.59. The molecule has 0 aromatic carbocycles. The molecule has 2 aromatic rings. The normalized spacial score (nSPS) is 27.6. The van der Waals surface area contributed by atoms with E-state index in [0.717, 1.165) is 0 Å². The van der Waals surface area contributed by atoms with Crippen LogP contribution in [-0.2, 0) is 4.74 Å². The summed E-state index contributed by atoms with van der Waals surface area (Å²) in [5.74, 6) is 0.0123. The molecule has 11 heteroatoms. The number of aromatic nitrogens is 4. The molecule has 0 aliphatic carbocycles. The summed E-state index contributed by atoms with van der Waals surface area (Å²) in [5.41, 5.74) is 4.15. The predicted molar refractivity (Wildman–Crippen MR) is 72.7 cm³/mol. The Labute approximate surface area is 128 Å². The molecule has 9 nitrogen and oxygen atoms in total. The van der Waals surface area contributed by atoms with Crippen LogP contribution in [0.15, 0.2) is 6.33 Å². The summed E-state index contributed by atoms with van der Waals surface area (Å²) in [6.07, 6.45) is -3.79. The van der Waals surface area contributed by atoms with Crippen LogP contribution in [-0.4, -0.2) is 65.9 Å². The third-order valence-corrected chi connectivity index (χ3v) is 3.87. The number of nitrogen functional groups attached to an aromatic ring is 1. The van der Waals surface area contributed by atoms with Crippen molar-refractivity contribution in [2.75, 3.05) is 18.9 Å². The number of rotatable bonds is 3. The van der Waals surface area contributed by atoms with Crippen LogP contribution in [0.3, 0.4) is 0 Å². The van der Waals surface area contributed by atoms with Crippen LogP contribution in [0.25, 0.3) is 11.2 Å². The number of nitrogens with two attached hydrogens (primary N) is 1. The smallest absolute Gasteiger partial charge is 0.226 e. The first-order valence-corrected chi connectivity index (χ1v) is 6.68. The van der Waals surface area contributed by atoms with Crippen molar-refractivity contribution >= 4 is 28.6 Å². The average molecular weight is 334 g/mol. The zero-order valence-electron chi connectivity index (χ0n) is 11.1. The highest BCUT2D eigenvalue weighted by Crippen LogP contribution is 2.40. The van der Waals surface area contributed by atoms with Gasteiger partial charge in [-0.3, -0.25) is 4.57 Å². The number of halogens is 2. The quantitative estimate of drug-likeness (QED) is 0.525. The van der Waals surface area contributed by atoms with E-state index in [-0.39, 0.29) is 22.3 Å². The van der Waals surface area contributed by atoms with E-state index < -0.39 is 37.3 Å². The van der Waals surface area contributed by atoms with Crippen molar-refractivity contribution in [3.63, 3.8) is 0 Å². The Kier molecular flexibility index (Phi) is 3.65. The van der Waals surface area contributed by atoms with Gasteiger partial charge >= 0.3 is 0 Å². The van der Waals surface area contributed by atoms with Gasteiger partial charge in [0.15, 0.2) is 23.9 Å². The van der Waals surface area contributed by atoms with Crippen molar-refractivity contribution in [1.29, 1.82) is 0 Å². The average Bonchev–Trinajstić information content (AvgIpc) is 3.01. The van der Waals surface area contributed by atoms with Gasteiger partial charge in [0.1, 0.15) is 17.2 Å². The van der Waals surface area contributed by atoms with E-state index >= 15 is 0 Å². The molecule has 1 aliphatic heterocycles. The molecule has 2 aromatic heterocycles. The van der Waals surface area contributed by atoms with Crippen molar-refractivity contribution < 1.29 is 24.4 Å². The third-order valence-electron chi connectivity index (χ3n) is 3.70. The molecule has 0 amide bonds. The van der Waals surface area contributed by atoms with Crippen LogP contribution < -0.4 is 5.73 Å². The first-order valence-electron chi connectivity index (χ1n) is 6.31. The van der Waals surface area contributed by atoms with Crippen LogP contribution >= 0.6 is 11.6 Å². The molecule has 1 aliphatic rings. The number of nitrogens with zero attached hydrogens (tertiary/aromatic N) is 4. The lowest BCUT2D eigenvalue weighted by atomic mass is 9.98. The number of alkyl halides is 1. The van der Waals surface area contributed by atoms with Crippen molar-refractivity contribution in [3.8, 4) is 0 Å². The van der Waals surface area contributed by atoms with Gasteiger partial charge in [-0.1, -0.05) is 0 Å².